The summed E-state index contributed by atoms with van der Waals surface area (Å²) in [7, 11) is 0. The second-order valence-corrected chi connectivity index (χ2v) is 7.46. The molecule has 0 saturated heterocycles. The number of nitriles is 1. The van der Waals surface area contributed by atoms with Crippen molar-refractivity contribution in [3.8, 4) is 6.07 Å². The Morgan fingerprint density at radius 1 is 1.16 bits per heavy atom. The number of amides is 2. The van der Waals surface area contributed by atoms with Crippen molar-refractivity contribution < 1.29 is 9.59 Å². The van der Waals surface area contributed by atoms with Gasteiger partial charge in [-0.3, -0.25) is 19.3 Å². The summed E-state index contributed by atoms with van der Waals surface area (Å²) in [6, 6.07) is 14.2. The van der Waals surface area contributed by atoms with Crippen LogP contribution in [0.3, 0.4) is 0 Å². The Labute approximate surface area is 180 Å². The maximum Gasteiger partial charge on any atom is 0.254 e. The first kappa shape index (κ1) is 20.3. The fourth-order valence-electron chi connectivity index (χ4n) is 3.78. The highest BCUT2D eigenvalue weighted by Gasteiger charge is 2.30. The van der Waals surface area contributed by atoms with Gasteiger partial charge >= 0.3 is 0 Å². The molecule has 1 atom stereocenters. The van der Waals surface area contributed by atoms with Crippen LogP contribution in [-0.2, 0) is 17.8 Å². The molecule has 0 unspecified atom stereocenters. The van der Waals surface area contributed by atoms with Crippen molar-refractivity contribution >= 4 is 11.8 Å². The van der Waals surface area contributed by atoms with Crippen LogP contribution in [0.25, 0.3) is 0 Å². The lowest BCUT2D eigenvalue weighted by molar-refractivity contribution is -0.122. The highest BCUT2D eigenvalue weighted by Crippen LogP contribution is 2.24. The Balaban J connectivity index is 1.41. The van der Waals surface area contributed by atoms with Crippen molar-refractivity contribution in [3.05, 3.63) is 83.4 Å². The quantitative estimate of drug-likeness (QED) is 0.665. The highest BCUT2D eigenvalue weighted by molar-refractivity contribution is 5.94. The van der Waals surface area contributed by atoms with Gasteiger partial charge in [-0.05, 0) is 48.4 Å². The number of fused-ring (bicyclic) bond motifs is 1. The number of pyridine rings is 1. The molecule has 156 valence electrons. The number of carbonyl (C=O) groups is 2. The van der Waals surface area contributed by atoms with Gasteiger partial charge in [0.15, 0.2) is 0 Å². The van der Waals surface area contributed by atoms with Crippen LogP contribution in [0.15, 0.2) is 61.1 Å². The Morgan fingerprint density at radius 2 is 2.00 bits per heavy atom. The Kier molecular flexibility index (Phi) is 6.03. The van der Waals surface area contributed by atoms with E-state index in [0.717, 1.165) is 17.7 Å². The summed E-state index contributed by atoms with van der Waals surface area (Å²) in [5.41, 5.74) is 2.90. The minimum Gasteiger partial charge on any atom is -0.356 e. The first-order valence-corrected chi connectivity index (χ1v) is 10.1. The van der Waals surface area contributed by atoms with Crippen LogP contribution in [-0.4, -0.2) is 44.6 Å². The third kappa shape index (κ3) is 4.78. The number of nitrogens with zero attached hydrogens (tertiary/aromatic N) is 5. The van der Waals surface area contributed by atoms with Crippen molar-refractivity contribution in [2.24, 2.45) is 0 Å². The zero-order valence-electron chi connectivity index (χ0n) is 16.9. The summed E-state index contributed by atoms with van der Waals surface area (Å²) < 4.78 is 1.83. The predicted molar refractivity (Wildman–Crippen MR) is 113 cm³/mol. The molecule has 0 saturated carbocycles. The van der Waals surface area contributed by atoms with Crippen molar-refractivity contribution in [2.45, 2.75) is 25.4 Å². The number of carbonyl (C=O) groups excluding carboxylic acids is 2. The molecule has 1 aromatic carbocycles. The Hall–Kier alpha value is -3.99. The van der Waals surface area contributed by atoms with Gasteiger partial charge in [-0.2, -0.15) is 10.4 Å². The van der Waals surface area contributed by atoms with Crippen LogP contribution in [0.5, 0.6) is 0 Å². The third-order valence-corrected chi connectivity index (χ3v) is 5.31. The van der Waals surface area contributed by atoms with Gasteiger partial charge in [0.2, 0.25) is 5.91 Å². The standard InChI is InChI=1S/C23H22N6O2/c24-14-18-2-1-3-19(12-18)23(31)28-15-20-7-11-27-29(20)21(16-28)13-22(30)26-10-6-17-4-8-25-9-5-17/h1-5,7-9,11-12,21H,6,10,13,15-16H2,(H,26,30)/t21-/m1/s1. The first-order valence-electron chi connectivity index (χ1n) is 10.1. The molecule has 0 spiro atoms. The van der Waals surface area contributed by atoms with E-state index in [9.17, 15) is 9.59 Å². The van der Waals surface area contributed by atoms with Crippen LogP contribution in [0.4, 0.5) is 0 Å². The molecule has 1 aliphatic rings. The molecule has 0 bridgehead atoms. The number of rotatable bonds is 6. The summed E-state index contributed by atoms with van der Waals surface area (Å²) >= 11 is 0. The maximum atomic E-state index is 13.0. The van der Waals surface area contributed by atoms with Gasteiger partial charge in [0, 0.05) is 37.2 Å². The van der Waals surface area contributed by atoms with Gasteiger partial charge < -0.3 is 10.2 Å². The third-order valence-electron chi connectivity index (χ3n) is 5.31. The molecular formula is C23H22N6O2. The fraction of sp³-hybridized carbons (Fsp3) is 0.261. The van der Waals surface area contributed by atoms with E-state index in [-0.39, 0.29) is 24.3 Å². The van der Waals surface area contributed by atoms with Crippen LogP contribution < -0.4 is 5.32 Å². The zero-order valence-corrected chi connectivity index (χ0v) is 16.9. The molecule has 8 nitrogen and oxygen atoms in total. The van der Waals surface area contributed by atoms with Crippen molar-refractivity contribution in [1.29, 1.82) is 5.26 Å². The summed E-state index contributed by atoms with van der Waals surface area (Å²) in [5.74, 6) is -0.242. The van der Waals surface area contributed by atoms with Gasteiger partial charge in [0.1, 0.15) is 0 Å². The fourth-order valence-corrected chi connectivity index (χ4v) is 3.78. The lowest BCUT2D eigenvalue weighted by atomic mass is 10.1. The van der Waals surface area contributed by atoms with E-state index in [0.29, 0.717) is 30.8 Å². The first-order chi connectivity index (χ1) is 15.1. The van der Waals surface area contributed by atoms with E-state index in [1.165, 1.54) is 0 Å². The molecule has 2 aromatic heterocycles. The van der Waals surface area contributed by atoms with Crippen LogP contribution >= 0.6 is 0 Å². The highest BCUT2D eigenvalue weighted by atomic mass is 16.2. The smallest absolute Gasteiger partial charge is 0.254 e. The molecule has 3 heterocycles. The summed E-state index contributed by atoms with van der Waals surface area (Å²) in [6.07, 6.45) is 6.11. The Morgan fingerprint density at radius 3 is 2.81 bits per heavy atom. The van der Waals surface area contributed by atoms with Crippen molar-refractivity contribution in [2.75, 3.05) is 13.1 Å². The van der Waals surface area contributed by atoms with E-state index < -0.39 is 0 Å². The molecule has 1 aliphatic heterocycles. The zero-order chi connectivity index (χ0) is 21.6. The second kappa shape index (κ2) is 9.22. The molecule has 31 heavy (non-hydrogen) atoms. The molecule has 2 amide bonds. The molecule has 8 heteroatoms. The number of benzene rings is 1. The Bertz CT molecular complexity index is 1120. The molecule has 3 aromatic rings. The van der Waals surface area contributed by atoms with E-state index >= 15 is 0 Å². The predicted octanol–water partition coefficient (Wildman–Crippen LogP) is 2.10. The number of aromatic nitrogens is 3. The number of hydrogen-bond acceptors (Lipinski definition) is 5. The average molecular weight is 414 g/mol. The van der Waals surface area contributed by atoms with E-state index in [1.807, 2.05) is 22.9 Å². The van der Waals surface area contributed by atoms with Crippen LogP contribution in [0.1, 0.15) is 39.6 Å². The second-order valence-electron chi connectivity index (χ2n) is 7.46. The average Bonchev–Trinajstić information content (AvgIpc) is 3.28. The molecule has 0 aliphatic carbocycles. The normalized spacial score (nSPS) is 15.1. The lowest BCUT2D eigenvalue weighted by Crippen LogP contribution is -2.43. The van der Waals surface area contributed by atoms with Crippen LogP contribution in [0.2, 0.25) is 0 Å². The summed E-state index contributed by atoms with van der Waals surface area (Å²) in [4.78, 5) is 31.3. The maximum absolute atomic E-state index is 13.0. The van der Waals surface area contributed by atoms with E-state index in [2.05, 4.69) is 21.5 Å². The molecular weight excluding hydrogens is 392 g/mol. The van der Waals surface area contributed by atoms with E-state index in [4.69, 9.17) is 5.26 Å². The SMILES string of the molecule is N#Cc1cccc(C(=O)N2Cc3ccnn3[C@H](CC(=O)NCCc3ccncc3)C2)c1. The van der Waals surface area contributed by atoms with E-state index in [1.54, 1.807) is 47.8 Å². The molecule has 4 rings (SSSR count). The lowest BCUT2D eigenvalue weighted by Gasteiger charge is -2.33. The monoisotopic (exact) mass is 414 g/mol. The minimum absolute atomic E-state index is 0.0821. The van der Waals surface area contributed by atoms with Gasteiger partial charge in [0.05, 0.1) is 36.3 Å². The largest absolute Gasteiger partial charge is 0.356 e. The van der Waals surface area contributed by atoms with Crippen molar-refractivity contribution in [3.63, 3.8) is 0 Å². The van der Waals surface area contributed by atoms with Gasteiger partial charge in [0.25, 0.3) is 5.91 Å². The summed E-state index contributed by atoms with van der Waals surface area (Å²) in [6.45, 7) is 1.32. The van der Waals surface area contributed by atoms with Crippen LogP contribution in [0, 0.1) is 11.3 Å². The number of hydrogen-bond donors (Lipinski definition) is 1. The molecule has 1 N–H and O–H groups in total. The minimum atomic E-state index is -0.247. The topological polar surface area (TPSA) is 104 Å². The summed E-state index contributed by atoms with van der Waals surface area (Å²) in [5, 5.41) is 16.4. The number of nitrogens with one attached hydrogen (secondary N) is 1. The van der Waals surface area contributed by atoms with Gasteiger partial charge in [-0.15, -0.1) is 0 Å². The van der Waals surface area contributed by atoms with Crippen molar-refractivity contribution in [1.82, 2.24) is 25.0 Å². The molecule has 0 fully saturated rings. The van der Waals surface area contributed by atoms with Gasteiger partial charge in [-0.1, -0.05) is 6.07 Å². The van der Waals surface area contributed by atoms with Gasteiger partial charge in [-0.25, -0.2) is 0 Å². The molecule has 0 radical (unpaired) electrons.